The zero-order valence-electron chi connectivity index (χ0n) is 36.7. The summed E-state index contributed by atoms with van der Waals surface area (Å²) >= 11 is 0. The summed E-state index contributed by atoms with van der Waals surface area (Å²) in [6, 6.07) is 13.1. The number of fused-ring (bicyclic) bond motifs is 12. The second-order valence-corrected chi connectivity index (χ2v) is 21.3. The summed E-state index contributed by atoms with van der Waals surface area (Å²) in [7, 11) is 0. The molecule has 8 aliphatic rings. The molecule has 6 aliphatic carbocycles. The highest BCUT2D eigenvalue weighted by molar-refractivity contribution is 5.92. The van der Waals surface area contributed by atoms with Crippen molar-refractivity contribution in [2.45, 2.75) is 129 Å². The number of allylic oxidation sites excluding steroid dienone is 4. The van der Waals surface area contributed by atoms with Gasteiger partial charge in [-0.3, -0.25) is 9.59 Å². The van der Waals surface area contributed by atoms with Crippen LogP contribution in [0.3, 0.4) is 0 Å². The lowest BCUT2D eigenvalue weighted by Gasteiger charge is -2.60. The molecular weight excluding hydrogens is 779 g/mol. The van der Waals surface area contributed by atoms with Crippen molar-refractivity contribution in [1.82, 2.24) is 19.6 Å². The van der Waals surface area contributed by atoms with Crippen LogP contribution >= 0.6 is 0 Å². The summed E-state index contributed by atoms with van der Waals surface area (Å²) in [5, 5.41) is 17.1. The van der Waals surface area contributed by atoms with E-state index in [-0.39, 0.29) is 33.5 Å². The van der Waals surface area contributed by atoms with E-state index >= 15 is 0 Å². The van der Waals surface area contributed by atoms with Crippen LogP contribution in [0.15, 0.2) is 84.2 Å². The average Bonchev–Trinajstić information content (AvgIpc) is 3.85. The van der Waals surface area contributed by atoms with Crippen molar-refractivity contribution in [3.05, 3.63) is 107 Å². The van der Waals surface area contributed by atoms with Gasteiger partial charge in [-0.05, 0) is 198 Å². The molecule has 4 aromatic rings. The number of aromatic nitrogens is 4. The van der Waals surface area contributed by atoms with Gasteiger partial charge in [-0.1, -0.05) is 25.0 Å². The number of rotatable bonds is 2. The standard InChI is InChI=1S/2C26H30FN3O/c2*1-25-11-9-20(31)14-17(25)3-8-21-22(25)10-12-26(2)23(21)13-16-15-28-30(24(16)29-26)19-6-4-18(27)5-7-19/h2*4-7,14-15,21-23,29H,3,8-13H2,1-2H3/t2*21-,22+,23+,25+,26+/m11/s1. The molecule has 12 rings (SSSR count). The number of carbonyl (C=O) groups is 2. The van der Waals surface area contributed by atoms with Crippen LogP contribution in [-0.2, 0) is 22.4 Å². The van der Waals surface area contributed by atoms with E-state index in [0.717, 1.165) is 74.4 Å². The third-order valence-electron chi connectivity index (χ3n) is 18.2. The second kappa shape index (κ2) is 14.3. The summed E-state index contributed by atoms with van der Waals surface area (Å²) in [6.07, 6.45) is 22.6. The van der Waals surface area contributed by atoms with E-state index in [1.165, 1.54) is 72.2 Å². The van der Waals surface area contributed by atoms with E-state index in [0.29, 0.717) is 59.9 Å². The fourth-order valence-corrected chi connectivity index (χ4v) is 14.7. The second-order valence-electron chi connectivity index (χ2n) is 21.3. The number of nitrogens with one attached hydrogen (secondary N) is 2. The van der Waals surface area contributed by atoms with Gasteiger partial charge in [0.15, 0.2) is 11.6 Å². The summed E-state index contributed by atoms with van der Waals surface area (Å²) in [5.41, 5.74) is 7.59. The van der Waals surface area contributed by atoms with Crippen molar-refractivity contribution in [2.75, 3.05) is 10.6 Å². The van der Waals surface area contributed by atoms with Crippen LogP contribution in [0.5, 0.6) is 0 Å². The first kappa shape index (κ1) is 40.0. The molecule has 62 heavy (non-hydrogen) atoms. The molecule has 10 atom stereocenters. The van der Waals surface area contributed by atoms with E-state index < -0.39 is 0 Å². The Morgan fingerprint density at radius 1 is 0.548 bits per heavy atom. The molecule has 2 aromatic heterocycles. The molecule has 4 heterocycles. The van der Waals surface area contributed by atoms with Crippen LogP contribution in [0.4, 0.5) is 20.4 Å². The third kappa shape index (κ3) is 6.22. The van der Waals surface area contributed by atoms with Gasteiger partial charge in [0, 0.05) is 35.0 Å². The molecule has 0 radical (unpaired) electrons. The molecule has 10 heteroatoms. The number of hydrogen-bond acceptors (Lipinski definition) is 6. The maximum absolute atomic E-state index is 13.4. The zero-order valence-corrected chi connectivity index (χ0v) is 36.7. The Bertz CT molecular complexity index is 2350. The maximum atomic E-state index is 13.4. The van der Waals surface area contributed by atoms with Crippen molar-refractivity contribution < 1.29 is 18.4 Å². The summed E-state index contributed by atoms with van der Waals surface area (Å²) in [4.78, 5) is 24.1. The highest BCUT2D eigenvalue weighted by Gasteiger charge is 2.58. The molecule has 0 saturated heterocycles. The minimum atomic E-state index is -0.230. The van der Waals surface area contributed by atoms with Crippen molar-refractivity contribution >= 4 is 23.2 Å². The minimum absolute atomic E-state index is 0.0358. The molecular formula is C52H60F2N6O2. The molecule has 324 valence electrons. The van der Waals surface area contributed by atoms with Gasteiger partial charge in [0.25, 0.3) is 0 Å². The smallest absolute Gasteiger partial charge is 0.155 e. The third-order valence-corrected chi connectivity index (χ3v) is 18.2. The molecule has 2 N–H and O–H groups in total. The summed E-state index contributed by atoms with van der Waals surface area (Å²) in [6.45, 7) is 9.63. The van der Waals surface area contributed by atoms with Crippen molar-refractivity contribution in [2.24, 2.45) is 46.3 Å². The highest BCUT2D eigenvalue weighted by atomic mass is 19.1. The van der Waals surface area contributed by atoms with Gasteiger partial charge in [-0.25, -0.2) is 18.1 Å². The summed E-state index contributed by atoms with van der Waals surface area (Å²) in [5.74, 6) is 6.12. The number of nitrogens with zero attached hydrogens (tertiary/aromatic N) is 4. The molecule has 0 spiro atoms. The Hall–Kier alpha value is -4.86. The van der Waals surface area contributed by atoms with Crippen LogP contribution in [-0.4, -0.2) is 42.2 Å². The first-order valence-corrected chi connectivity index (χ1v) is 23.4. The van der Waals surface area contributed by atoms with E-state index in [1.54, 1.807) is 24.3 Å². The number of ketones is 2. The minimum Gasteiger partial charge on any atom is -0.364 e. The monoisotopic (exact) mass is 838 g/mol. The SMILES string of the molecule is C[C@]12CCC(=O)C=C1CC[C@@H]1[C@@H]2CC[C@]2(C)Nc3c(cnn3-c3ccc(F)cc3)C[C@@H]12.C[C@]12CCC(=O)C=C1CC[C@@H]1[C@@H]2CC[C@]2(C)Nc3c(cnn3-c3ccc(F)cc3)C[C@@H]12. The van der Waals surface area contributed by atoms with Gasteiger partial charge < -0.3 is 10.6 Å². The Balaban J connectivity index is 0.000000139. The van der Waals surface area contributed by atoms with Gasteiger partial charge >= 0.3 is 0 Å². The van der Waals surface area contributed by atoms with Gasteiger partial charge in [0.05, 0.1) is 23.8 Å². The number of halogens is 2. The zero-order chi connectivity index (χ0) is 42.8. The molecule has 2 aliphatic heterocycles. The quantitative estimate of drug-likeness (QED) is 0.209. The lowest BCUT2D eigenvalue weighted by atomic mass is 9.47. The molecule has 0 unspecified atom stereocenters. The van der Waals surface area contributed by atoms with Crippen LogP contribution in [0.1, 0.15) is 116 Å². The molecule has 0 bridgehead atoms. The van der Waals surface area contributed by atoms with E-state index in [9.17, 15) is 18.4 Å². The molecule has 4 saturated carbocycles. The Labute approximate surface area is 364 Å². The fourth-order valence-electron chi connectivity index (χ4n) is 14.7. The largest absolute Gasteiger partial charge is 0.364 e. The first-order chi connectivity index (χ1) is 29.7. The van der Waals surface area contributed by atoms with Crippen LogP contribution in [0.25, 0.3) is 11.4 Å². The fraction of sp³-hybridized carbons (Fsp3) is 0.538. The summed E-state index contributed by atoms with van der Waals surface area (Å²) < 4.78 is 30.7. The van der Waals surface area contributed by atoms with Crippen LogP contribution < -0.4 is 10.6 Å². The Kier molecular flexibility index (Phi) is 9.23. The topological polar surface area (TPSA) is 93.8 Å². The number of benzene rings is 2. The Morgan fingerprint density at radius 3 is 1.35 bits per heavy atom. The van der Waals surface area contributed by atoms with Crippen molar-refractivity contribution in [1.29, 1.82) is 0 Å². The molecule has 0 amide bonds. The predicted octanol–water partition coefficient (Wildman–Crippen LogP) is 10.9. The van der Waals surface area contributed by atoms with Gasteiger partial charge in [0.2, 0.25) is 0 Å². The number of carbonyl (C=O) groups excluding carboxylic acids is 2. The average molecular weight is 839 g/mol. The van der Waals surface area contributed by atoms with Gasteiger partial charge in [-0.2, -0.15) is 10.2 Å². The van der Waals surface area contributed by atoms with E-state index in [4.69, 9.17) is 0 Å². The van der Waals surface area contributed by atoms with E-state index in [1.807, 2.05) is 33.9 Å². The number of anilines is 2. The molecule has 2 aromatic carbocycles. The van der Waals surface area contributed by atoms with Gasteiger partial charge in [-0.15, -0.1) is 0 Å². The highest BCUT2D eigenvalue weighted by Crippen LogP contribution is 2.63. The lowest BCUT2D eigenvalue weighted by molar-refractivity contribution is -0.117. The predicted molar refractivity (Wildman–Crippen MR) is 237 cm³/mol. The van der Waals surface area contributed by atoms with Crippen LogP contribution in [0.2, 0.25) is 0 Å². The molecule has 4 fully saturated rings. The van der Waals surface area contributed by atoms with Crippen LogP contribution in [0, 0.1) is 58.0 Å². The Morgan fingerprint density at radius 2 is 0.952 bits per heavy atom. The molecule has 8 nitrogen and oxygen atoms in total. The number of hydrogen-bond donors (Lipinski definition) is 2. The maximum Gasteiger partial charge on any atom is 0.155 e. The normalized spacial score (nSPS) is 36.4. The lowest BCUT2D eigenvalue weighted by Crippen LogP contribution is -2.58. The van der Waals surface area contributed by atoms with Crippen molar-refractivity contribution in [3.63, 3.8) is 0 Å². The van der Waals surface area contributed by atoms with Crippen molar-refractivity contribution in [3.8, 4) is 11.4 Å². The first-order valence-electron chi connectivity index (χ1n) is 23.4. The van der Waals surface area contributed by atoms with Gasteiger partial charge in [0.1, 0.15) is 23.3 Å². The van der Waals surface area contributed by atoms with E-state index in [2.05, 4.69) is 48.5 Å².